The summed E-state index contributed by atoms with van der Waals surface area (Å²) in [5.41, 5.74) is 0.520. The summed E-state index contributed by atoms with van der Waals surface area (Å²) < 4.78 is 4.48. The Hall–Kier alpha value is -3.49. The highest BCUT2D eigenvalue weighted by Crippen LogP contribution is 2.30. The van der Waals surface area contributed by atoms with Gasteiger partial charge < -0.3 is 15.2 Å². The lowest BCUT2D eigenvalue weighted by Gasteiger charge is -2.08. The van der Waals surface area contributed by atoms with Crippen LogP contribution in [0.1, 0.15) is 6.92 Å². The third-order valence-electron chi connectivity index (χ3n) is 2.73. The number of amides is 2. The number of aromatic hydroxyl groups is 1. The Morgan fingerprint density at radius 3 is 2.46 bits per heavy atom. The van der Waals surface area contributed by atoms with Gasteiger partial charge in [-0.2, -0.15) is 0 Å². The Kier molecular flexibility index (Phi) is 5.40. The van der Waals surface area contributed by atoms with Crippen LogP contribution >= 0.6 is 0 Å². The number of carbonyl (C=O) groups is 2. The van der Waals surface area contributed by atoms with Crippen LogP contribution in [0.4, 0.5) is 27.8 Å². The molecular weight excluding hydrogens is 314 g/mol. The van der Waals surface area contributed by atoms with Crippen molar-refractivity contribution in [3.63, 3.8) is 0 Å². The Bertz CT molecular complexity index is 791. The van der Waals surface area contributed by atoms with Gasteiger partial charge in [-0.3, -0.25) is 10.1 Å². The molecule has 0 unspecified atom stereocenters. The number of benzene rings is 1. The van der Waals surface area contributed by atoms with E-state index in [0.29, 0.717) is 0 Å². The third kappa shape index (κ3) is 4.50. The number of aromatic nitrogens is 1. The average molecular weight is 329 g/mol. The number of azo groups is 1. The lowest BCUT2D eigenvalue weighted by Crippen LogP contribution is -2.14. The molecule has 0 radical (unpaired) electrons. The predicted octanol–water partition coefficient (Wildman–Crippen LogP) is 3.34. The van der Waals surface area contributed by atoms with E-state index < -0.39 is 6.09 Å². The van der Waals surface area contributed by atoms with E-state index in [1.54, 1.807) is 18.2 Å². The molecule has 24 heavy (non-hydrogen) atoms. The first-order chi connectivity index (χ1) is 11.5. The molecular formula is C15H15N5O4. The van der Waals surface area contributed by atoms with E-state index in [2.05, 4.69) is 30.6 Å². The van der Waals surface area contributed by atoms with Crippen LogP contribution in [0, 0.1) is 0 Å². The average Bonchev–Trinajstić information content (AvgIpc) is 2.55. The molecule has 0 spiro atoms. The van der Waals surface area contributed by atoms with Crippen molar-refractivity contribution < 1.29 is 19.4 Å². The van der Waals surface area contributed by atoms with Crippen molar-refractivity contribution in [3.05, 3.63) is 36.4 Å². The van der Waals surface area contributed by atoms with E-state index in [1.807, 2.05) is 0 Å². The first kappa shape index (κ1) is 16.9. The molecule has 0 saturated heterocycles. The Morgan fingerprint density at radius 2 is 1.79 bits per heavy atom. The molecule has 0 fully saturated rings. The molecule has 2 amide bonds. The van der Waals surface area contributed by atoms with E-state index in [1.165, 1.54) is 32.2 Å². The maximum absolute atomic E-state index is 11.3. The molecule has 9 heteroatoms. The highest BCUT2D eigenvalue weighted by Gasteiger charge is 2.10. The second kappa shape index (κ2) is 7.68. The van der Waals surface area contributed by atoms with Crippen molar-refractivity contribution >= 4 is 35.0 Å². The smallest absolute Gasteiger partial charge is 0.412 e. The predicted molar refractivity (Wildman–Crippen MR) is 86.9 cm³/mol. The van der Waals surface area contributed by atoms with E-state index in [0.717, 1.165) is 0 Å². The number of phenolic OH excluding ortho intramolecular Hbond substituents is 1. The third-order valence-corrected chi connectivity index (χ3v) is 2.73. The number of pyridine rings is 1. The zero-order chi connectivity index (χ0) is 17.5. The molecule has 0 aliphatic heterocycles. The largest absolute Gasteiger partial charge is 0.506 e. The van der Waals surface area contributed by atoms with Crippen LogP contribution in [-0.2, 0) is 9.53 Å². The molecule has 1 heterocycles. The van der Waals surface area contributed by atoms with E-state index >= 15 is 0 Å². The maximum atomic E-state index is 11.3. The highest BCUT2D eigenvalue weighted by molar-refractivity contribution is 5.91. The van der Waals surface area contributed by atoms with Gasteiger partial charge in [0.2, 0.25) is 5.91 Å². The van der Waals surface area contributed by atoms with Crippen molar-refractivity contribution in [2.45, 2.75) is 6.92 Å². The molecule has 3 N–H and O–H groups in total. The first-order valence-electron chi connectivity index (χ1n) is 6.83. The minimum Gasteiger partial charge on any atom is -0.506 e. The van der Waals surface area contributed by atoms with Crippen molar-refractivity contribution in [1.82, 2.24) is 4.98 Å². The zero-order valence-corrected chi connectivity index (χ0v) is 13.0. The molecule has 0 saturated carbocycles. The van der Waals surface area contributed by atoms with E-state index in [-0.39, 0.29) is 34.7 Å². The van der Waals surface area contributed by atoms with Gasteiger partial charge >= 0.3 is 6.09 Å². The van der Waals surface area contributed by atoms with Crippen LogP contribution in [0.15, 0.2) is 46.6 Å². The van der Waals surface area contributed by atoms with Crippen LogP contribution in [0.2, 0.25) is 0 Å². The lowest BCUT2D eigenvalue weighted by molar-refractivity contribution is -0.114. The van der Waals surface area contributed by atoms with Gasteiger partial charge in [0, 0.05) is 6.92 Å². The lowest BCUT2D eigenvalue weighted by atomic mass is 10.3. The summed E-state index contributed by atoms with van der Waals surface area (Å²) in [5, 5.41) is 22.4. The molecule has 2 rings (SSSR count). The van der Waals surface area contributed by atoms with Crippen molar-refractivity contribution in [2.24, 2.45) is 10.2 Å². The molecule has 2 aromatic rings. The number of rotatable bonds is 4. The number of nitrogens with one attached hydrogen (secondary N) is 2. The van der Waals surface area contributed by atoms with Gasteiger partial charge in [0.25, 0.3) is 0 Å². The van der Waals surface area contributed by atoms with Gasteiger partial charge in [-0.15, -0.1) is 10.2 Å². The van der Waals surface area contributed by atoms with Crippen LogP contribution in [0.5, 0.6) is 5.75 Å². The molecule has 0 atom stereocenters. The normalized spacial score (nSPS) is 10.4. The Morgan fingerprint density at radius 1 is 1.08 bits per heavy atom. The van der Waals surface area contributed by atoms with Gasteiger partial charge in [-0.1, -0.05) is 12.1 Å². The monoisotopic (exact) mass is 329 g/mol. The number of para-hydroxylation sites is 1. The summed E-state index contributed by atoms with van der Waals surface area (Å²) in [6.07, 6.45) is -0.695. The molecule has 9 nitrogen and oxygen atoms in total. The fourth-order valence-corrected chi connectivity index (χ4v) is 1.67. The number of hydrogen-bond donors (Lipinski definition) is 3. The summed E-state index contributed by atoms with van der Waals surface area (Å²) in [7, 11) is 1.22. The second-order valence-electron chi connectivity index (χ2n) is 4.55. The molecule has 124 valence electrons. The fraction of sp³-hybridized carbons (Fsp3) is 0.133. The Labute approximate surface area is 137 Å². The van der Waals surface area contributed by atoms with Gasteiger partial charge in [0.05, 0.1) is 7.11 Å². The number of methoxy groups -OCH3 is 1. The maximum Gasteiger partial charge on any atom is 0.412 e. The second-order valence-corrected chi connectivity index (χ2v) is 4.55. The topological polar surface area (TPSA) is 125 Å². The van der Waals surface area contributed by atoms with Gasteiger partial charge in [0.1, 0.15) is 22.9 Å². The molecule has 0 aliphatic carbocycles. The van der Waals surface area contributed by atoms with Crippen molar-refractivity contribution in [3.8, 4) is 5.75 Å². The minimum atomic E-state index is -0.695. The summed E-state index contributed by atoms with van der Waals surface area (Å²) in [4.78, 5) is 26.6. The number of anilines is 2. The number of phenols is 1. The number of hydrogen-bond acceptors (Lipinski definition) is 7. The first-order valence-corrected chi connectivity index (χ1v) is 6.83. The minimum absolute atomic E-state index is 0.0285. The summed E-state index contributed by atoms with van der Waals surface area (Å²) in [5.74, 6) is -0.112. The SMILES string of the molecule is COC(=O)Nc1ccc(/N=N/c2ccccc2O)c(NC(C)=O)n1. The van der Waals surface area contributed by atoms with Crippen molar-refractivity contribution in [2.75, 3.05) is 17.7 Å². The summed E-state index contributed by atoms with van der Waals surface area (Å²) in [6, 6.07) is 9.40. The van der Waals surface area contributed by atoms with Gasteiger partial charge in [0.15, 0.2) is 5.82 Å². The summed E-state index contributed by atoms with van der Waals surface area (Å²) >= 11 is 0. The molecule has 1 aromatic carbocycles. The molecule has 1 aromatic heterocycles. The number of nitrogens with zero attached hydrogens (tertiary/aromatic N) is 3. The van der Waals surface area contributed by atoms with Gasteiger partial charge in [-0.05, 0) is 24.3 Å². The van der Waals surface area contributed by atoms with Crippen LogP contribution in [0.3, 0.4) is 0 Å². The van der Waals surface area contributed by atoms with Crippen LogP contribution < -0.4 is 10.6 Å². The van der Waals surface area contributed by atoms with Gasteiger partial charge in [-0.25, -0.2) is 9.78 Å². The highest BCUT2D eigenvalue weighted by atomic mass is 16.5. The van der Waals surface area contributed by atoms with Crippen molar-refractivity contribution in [1.29, 1.82) is 0 Å². The summed E-state index contributed by atoms with van der Waals surface area (Å²) in [6.45, 7) is 1.31. The standard InChI is InChI=1S/C15H15N5O4/c1-9(21)16-14-11(7-8-13(17-14)18-15(23)24-2)20-19-10-5-3-4-6-12(10)22/h3-8,22H,1-2H3,(H2,16,17,18,21,23)/b20-19+. The van der Waals surface area contributed by atoms with Crippen LogP contribution in [0.25, 0.3) is 0 Å². The van der Waals surface area contributed by atoms with Crippen LogP contribution in [-0.4, -0.2) is 29.2 Å². The number of carbonyl (C=O) groups excluding carboxylic acids is 2. The fourth-order valence-electron chi connectivity index (χ4n) is 1.67. The van der Waals surface area contributed by atoms with E-state index in [4.69, 9.17) is 0 Å². The quantitative estimate of drug-likeness (QED) is 0.742. The molecule has 0 aliphatic rings. The molecule has 0 bridgehead atoms. The Balaban J connectivity index is 2.32. The number of ether oxygens (including phenoxy) is 1. The zero-order valence-electron chi connectivity index (χ0n) is 13.0. The van der Waals surface area contributed by atoms with E-state index in [9.17, 15) is 14.7 Å².